The summed E-state index contributed by atoms with van der Waals surface area (Å²) >= 11 is 5.02. The van der Waals surface area contributed by atoms with Gasteiger partial charge in [0, 0.05) is 28.3 Å². The molecule has 1 aromatic heterocycles. The highest BCUT2D eigenvalue weighted by Gasteiger charge is 2.35. The number of carbonyl (C=O) groups is 1. The van der Waals surface area contributed by atoms with E-state index in [0.717, 1.165) is 9.35 Å². The largest absolute Gasteiger partial charge is 0.321 e. The van der Waals surface area contributed by atoms with Crippen LogP contribution in [0.2, 0.25) is 0 Å². The van der Waals surface area contributed by atoms with Crippen molar-refractivity contribution in [2.24, 2.45) is 0 Å². The van der Waals surface area contributed by atoms with Gasteiger partial charge < -0.3 is 9.80 Å². The second-order valence-corrected chi connectivity index (χ2v) is 5.47. The first-order valence-electron chi connectivity index (χ1n) is 4.76. The molecule has 1 unspecified atom stereocenters. The Morgan fingerprint density at radius 2 is 2.50 bits per heavy atom. The molecule has 1 aliphatic rings. The van der Waals surface area contributed by atoms with Crippen molar-refractivity contribution < 1.29 is 4.79 Å². The summed E-state index contributed by atoms with van der Waals surface area (Å²) in [7, 11) is 1.78. The lowest BCUT2D eigenvalue weighted by Gasteiger charge is -2.15. The highest BCUT2D eigenvalue weighted by atomic mass is 79.9. The zero-order valence-electron chi connectivity index (χ0n) is 8.68. The van der Waals surface area contributed by atoms with Crippen LogP contribution in [0.3, 0.4) is 0 Å². The van der Waals surface area contributed by atoms with Gasteiger partial charge in [0.05, 0.1) is 12.1 Å². The minimum atomic E-state index is -0.0731. The average molecular weight is 300 g/mol. The summed E-state index contributed by atoms with van der Waals surface area (Å²) in [4.78, 5) is 16.2. The summed E-state index contributed by atoms with van der Waals surface area (Å²) in [6, 6.07) is 4.03. The van der Waals surface area contributed by atoms with Gasteiger partial charge in [-0.05, 0) is 22.0 Å². The van der Waals surface area contributed by atoms with Gasteiger partial charge in [0.1, 0.15) is 6.54 Å². The zero-order chi connectivity index (χ0) is 11.7. The third-order valence-electron chi connectivity index (χ3n) is 2.61. The van der Waals surface area contributed by atoms with Crippen LogP contribution in [0.1, 0.15) is 10.9 Å². The number of thiophene rings is 1. The first-order valence-corrected chi connectivity index (χ1v) is 6.43. The molecule has 2 rings (SSSR count). The Morgan fingerprint density at radius 3 is 3.06 bits per heavy atom. The molecule has 0 N–H and O–H groups in total. The molecule has 0 spiro atoms. The molecule has 84 valence electrons. The molecule has 0 saturated carbocycles. The smallest absolute Gasteiger partial charge is 0.318 e. The van der Waals surface area contributed by atoms with Crippen LogP contribution in [-0.2, 0) is 0 Å². The number of rotatable bonds is 2. The summed E-state index contributed by atoms with van der Waals surface area (Å²) in [5.41, 5.74) is 0. The second kappa shape index (κ2) is 4.44. The lowest BCUT2D eigenvalue weighted by Crippen LogP contribution is -2.29. The Bertz CT molecular complexity index is 453. The minimum Gasteiger partial charge on any atom is -0.318 e. The van der Waals surface area contributed by atoms with E-state index in [-0.39, 0.29) is 18.6 Å². The van der Waals surface area contributed by atoms with Gasteiger partial charge in [0.2, 0.25) is 0 Å². The molecule has 1 atom stereocenters. The van der Waals surface area contributed by atoms with E-state index in [1.165, 1.54) is 0 Å². The van der Waals surface area contributed by atoms with Crippen molar-refractivity contribution in [3.05, 3.63) is 20.8 Å². The van der Waals surface area contributed by atoms with E-state index >= 15 is 0 Å². The number of nitriles is 1. The number of carbonyl (C=O) groups excluding carboxylic acids is 1. The maximum absolute atomic E-state index is 11.8. The summed E-state index contributed by atoms with van der Waals surface area (Å²) in [5, 5.41) is 10.6. The molecule has 0 bridgehead atoms. The van der Waals surface area contributed by atoms with Crippen molar-refractivity contribution in [1.82, 2.24) is 9.80 Å². The molecular weight excluding hydrogens is 290 g/mol. The van der Waals surface area contributed by atoms with Crippen LogP contribution >= 0.6 is 27.3 Å². The van der Waals surface area contributed by atoms with Gasteiger partial charge in [-0.15, -0.1) is 11.3 Å². The predicted octanol–water partition coefficient (Wildman–Crippen LogP) is 2.44. The van der Waals surface area contributed by atoms with Crippen molar-refractivity contribution in [3.8, 4) is 6.07 Å². The SMILES string of the molecule is CN1C(=O)N(CC#N)CC1c1cc(Br)cs1. The zero-order valence-corrected chi connectivity index (χ0v) is 11.1. The Hall–Kier alpha value is -1.06. The van der Waals surface area contributed by atoms with Crippen LogP contribution in [0.5, 0.6) is 0 Å². The van der Waals surface area contributed by atoms with Gasteiger partial charge >= 0.3 is 6.03 Å². The number of hydrogen-bond acceptors (Lipinski definition) is 3. The molecule has 2 amide bonds. The number of hydrogen-bond donors (Lipinski definition) is 0. The van der Waals surface area contributed by atoms with Crippen molar-refractivity contribution in [2.45, 2.75) is 6.04 Å². The Labute approximate surface area is 106 Å². The van der Waals surface area contributed by atoms with Crippen LogP contribution in [0.4, 0.5) is 4.79 Å². The summed E-state index contributed by atoms with van der Waals surface area (Å²) < 4.78 is 1.03. The summed E-state index contributed by atoms with van der Waals surface area (Å²) in [5.74, 6) is 0. The lowest BCUT2D eigenvalue weighted by molar-refractivity contribution is 0.199. The maximum atomic E-state index is 11.8. The van der Waals surface area contributed by atoms with Crippen molar-refractivity contribution in [2.75, 3.05) is 20.1 Å². The standard InChI is InChI=1S/C10H10BrN3OS/c1-13-8(9-4-7(11)6-16-9)5-14(3-2-12)10(13)15/h4,6,8H,3,5H2,1H3. The average Bonchev–Trinajstić information content (AvgIpc) is 2.78. The fourth-order valence-corrected chi connectivity index (χ4v) is 3.35. The molecular formula is C10H10BrN3OS. The highest BCUT2D eigenvalue weighted by molar-refractivity contribution is 9.10. The lowest BCUT2D eigenvalue weighted by atomic mass is 10.2. The van der Waals surface area contributed by atoms with Crippen LogP contribution in [0, 0.1) is 11.3 Å². The van der Waals surface area contributed by atoms with E-state index in [0.29, 0.717) is 6.54 Å². The maximum Gasteiger partial charge on any atom is 0.321 e. The number of amides is 2. The summed E-state index contributed by atoms with van der Waals surface area (Å²) in [6.45, 7) is 0.752. The fraction of sp³-hybridized carbons (Fsp3) is 0.400. The predicted molar refractivity (Wildman–Crippen MR) is 65.1 cm³/mol. The topological polar surface area (TPSA) is 47.3 Å². The molecule has 1 aliphatic heterocycles. The molecule has 0 radical (unpaired) electrons. The van der Waals surface area contributed by atoms with E-state index in [4.69, 9.17) is 5.26 Å². The van der Waals surface area contributed by atoms with E-state index in [1.807, 2.05) is 17.5 Å². The van der Waals surface area contributed by atoms with Gasteiger partial charge in [0.15, 0.2) is 0 Å². The normalized spacial score (nSPS) is 20.3. The van der Waals surface area contributed by atoms with Crippen LogP contribution in [0.15, 0.2) is 15.9 Å². The van der Waals surface area contributed by atoms with Crippen molar-refractivity contribution in [3.63, 3.8) is 0 Å². The van der Waals surface area contributed by atoms with Gasteiger partial charge in [-0.1, -0.05) is 0 Å². The first kappa shape index (κ1) is 11.4. The van der Waals surface area contributed by atoms with Crippen molar-refractivity contribution in [1.29, 1.82) is 5.26 Å². The Kier molecular flexibility index (Phi) is 3.17. The number of likely N-dealkylation sites (N-methyl/N-ethyl adjacent to an activating group) is 1. The molecule has 6 heteroatoms. The van der Waals surface area contributed by atoms with E-state index < -0.39 is 0 Å². The van der Waals surface area contributed by atoms with E-state index in [9.17, 15) is 4.79 Å². The molecule has 1 fully saturated rings. The molecule has 1 aromatic rings. The number of halogens is 1. The van der Waals surface area contributed by atoms with Crippen LogP contribution in [-0.4, -0.2) is 36.0 Å². The van der Waals surface area contributed by atoms with Crippen LogP contribution in [0.25, 0.3) is 0 Å². The van der Waals surface area contributed by atoms with Gasteiger partial charge in [-0.25, -0.2) is 4.79 Å². The Morgan fingerprint density at radius 1 is 1.75 bits per heavy atom. The summed E-state index contributed by atoms with van der Waals surface area (Å²) in [6.07, 6.45) is 0. The molecule has 0 aromatic carbocycles. The third-order valence-corrected chi connectivity index (χ3v) is 4.41. The highest BCUT2D eigenvalue weighted by Crippen LogP contribution is 2.33. The van der Waals surface area contributed by atoms with Gasteiger partial charge in [0.25, 0.3) is 0 Å². The van der Waals surface area contributed by atoms with Crippen molar-refractivity contribution >= 4 is 33.3 Å². The fourth-order valence-electron chi connectivity index (χ4n) is 1.77. The molecule has 16 heavy (non-hydrogen) atoms. The monoisotopic (exact) mass is 299 g/mol. The molecule has 1 saturated heterocycles. The number of nitrogens with zero attached hydrogens (tertiary/aromatic N) is 3. The first-order chi connectivity index (χ1) is 7.63. The second-order valence-electron chi connectivity index (χ2n) is 3.62. The molecule has 0 aliphatic carbocycles. The number of urea groups is 1. The van der Waals surface area contributed by atoms with Crippen LogP contribution < -0.4 is 0 Å². The van der Waals surface area contributed by atoms with Gasteiger partial charge in [-0.3, -0.25) is 0 Å². The molecule has 4 nitrogen and oxygen atoms in total. The van der Waals surface area contributed by atoms with E-state index in [1.54, 1.807) is 28.2 Å². The third kappa shape index (κ3) is 1.93. The molecule has 2 heterocycles. The van der Waals surface area contributed by atoms with E-state index in [2.05, 4.69) is 15.9 Å². The Balaban J connectivity index is 2.19. The van der Waals surface area contributed by atoms with Gasteiger partial charge in [-0.2, -0.15) is 5.26 Å². The minimum absolute atomic E-state index is 0.0668. The quantitative estimate of drug-likeness (QED) is 0.788.